The number of benzene rings is 1. The second kappa shape index (κ2) is 3.23. The molecule has 60 valence electrons. The van der Waals surface area contributed by atoms with Crippen molar-refractivity contribution in [2.24, 2.45) is 0 Å². The Morgan fingerprint density at radius 2 is 1.55 bits per heavy atom. The van der Waals surface area contributed by atoms with Gasteiger partial charge in [-0.2, -0.15) is 0 Å². The summed E-state index contributed by atoms with van der Waals surface area (Å²) in [5.74, 6) is 0. The topological polar surface area (TPSA) is 64.5 Å². The molecule has 11 heavy (non-hydrogen) atoms. The van der Waals surface area contributed by atoms with Crippen LogP contribution in [0.3, 0.4) is 0 Å². The highest BCUT2D eigenvalue weighted by Gasteiger charge is 2.00. The molecule has 0 aromatic heterocycles. The van der Waals surface area contributed by atoms with Crippen LogP contribution in [-0.4, -0.2) is 10.4 Å². The lowest BCUT2D eigenvalue weighted by molar-refractivity contribution is 0.384. The van der Waals surface area contributed by atoms with Crippen molar-refractivity contribution < 1.29 is 10.4 Å². The Bertz CT molecular complexity index is 228. The third kappa shape index (κ3) is 1.42. The van der Waals surface area contributed by atoms with Crippen LogP contribution in [0.5, 0.6) is 0 Å². The summed E-state index contributed by atoms with van der Waals surface area (Å²) in [7, 11) is 0. The van der Waals surface area contributed by atoms with Gasteiger partial charge in [0.1, 0.15) is 0 Å². The number of rotatable bonds is 2. The van der Waals surface area contributed by atoms with Crippen LogP contribution in [0.1, 0.15) is 5.56 Å². The van der Waals surface area contributed by atoms with Crippen molar-refractivity contribution in [1.82, 2.24) is 0 Å². The van der Waals surface area contributed by atoms with Crippen molar-refractivity contribution in [1.29, 1.82) is 0 Å². The molecule has 0 aliphatic carbocycles. The molecule has 1 rings (SSSR count). The molecule has 0 fully saturated rings. The van der Waals surface area contributed by atoms with Gasteiger partial charge in [0.15, 0.2) is 0 Å². The molecule has 4 N–H and O–H groups in total. The van der Waals surface area contributed by atoms with Crippen LogP contribution in [-0.2, 0) is 0 Å². The summed E-state index contributed by atoms with van der Waals surface area (Å²) in [6.07, 6.45) is 0. The summed E-state index contributed by atoms with van der Waals surface area (Å²) in [5, 5.41) is 17.2. The quantitative estimate of drug-likeness (QED) is 0.488. The van der Waals surface area contributed by atoms with Crippen molar-refractivity contribution in [2.75, 3.05) is 11.0 Å². The van der Waals surface area contributed by atoms with E-state index in [2.05, 4.69) is 0 Å². The van der Waals surface area contributed by atoms with Gasteiger partial charge >= 0.3 is 0 Å². The number of hydrogen-bond acceptors (Lipinski definition) is 4. The number of hydrogen-bond donors (Lipinski definition) is 4. The molecule has 0 amide bonds. The summed E-state index contributed by atoms with van der Waals surface area (Å²) >= 11 is 0. The van der Waals surface area contributed by atoms with Gasteiger partial charge in [0.25, 0.3) is 0 Å². The van der Waals surface area contributed by atoms with E-state index in [0.717, 1.165) is 5.56 Å². The first kappa shape index (κ1) is 7.84. The van der Waals surface area contributed by atoms with Gasteiger partial charge in [-0.05, 0) is 24.6 Å². The Labute approximate surface area is 64.4 Å². The smallest absolute Gasteiger partial charge is 0.0652 e. The van der Waals surface area contributed by atoms with E-state index in [-0.39, 0.29) is 0 Å². The first-order chi connectivity index (χ1) is 5.29. The lowest BCUT2D eigenvalue weighted by atomic mass is 10.2. The van der Waals surface area contributed by atoms with E-state index in [9.17, 15) is 0 Å². The van der Waals surface area contributed by atoms with Gasteiger partial charge in [0, 0.05) is 0 Å². The Balaban J connectivity index is 3.10. The van der Waals surface area contributed by atoms with Crippen molar-refractivity contribution in [2.45, 2.75) is 6.92 Å². The third-order valence-corrected chi connectivity index (χ3v) is 1.57. The van der Waals surface area contributed by atoms with Gasteiger partial charge in [0.05, 0.1) is 11.4 Å². The fourth-order valence-electron chi connectivity index (χ4n) is 0.878. The Morgan fingerprint density at radius 1 is 1.09 bits per heavy atom. The number of anilines is 2. The highest BCUT2D eigenvalue weighted by molar-refractivity contribution is 5.63. The van der Waals surface area contributed by atoms with E-state index >= 15 is 0 Å². The van der Waals surface area contributed by atoms with Crippen LogP contribution in [0.4, 0.5) is 11.4 Å². The molecule has 4 heteroatoms. The van der Waals surface area contributed by atoms with Crippen molar-refractivity contribution in [3.05, 3.63) is 23.8 Å². The Morgan fingerprint density at radius 3 is 1.91 bits per heavy atom. The van der Waals surface area contributed by atoms with E-state index in [1.165, 1.54) is 0 Å². The third-order valence-electron chi connectivity index (χ3n) is 1.57. The van der Waals surface area contributed by atoms with Gasteiger partial charge in [-0.1, -0.05) is 6.07 Å². The predicted octanol–water partition coefficient (Wildman–Crippen LogP) is 1.60. The fraction of sp³-hybridized carbons (Fsp3) is 0.143. The maximum atomic E-state index is 8.58. The van der Waals surface area contributed by atoms with E-state index in [4.69, 9.17) is 10.4 Å². The van der Waals surface area contributed by atoms with Gasteiger partial charge < -0.3 is 0 Å². The fourth-order valence-corrected chi connectivity index (χ4v) is 0.878. The zero-order chi connectivity index (χ0) is 8.27. The maximum absolute atomic E-state index is 8.58. The minimum Gasteiger partial charge on any atom is -0.291 e. The lowest BCUT2D eigenvalue weighted by Crippen LogP contribution is -1.97. The predicted molar refractivity (Wildman–Crippen MR) is 42.0 cm³/mol. The molecule has 0 atom stereocenters. The summed E-state index contributed by atoms with van der Waals surface area (Å²) in [6.45, 7) is 1.77. The van der Waals surface area contributed by atoms with E-state index < -0.39 is 0 Å². The summed E-state index contributed by atoms with van der Waals surface area (Å²) in [6, 6.07) is 5.12. The van der Waals surface area contributed by atoms with Crippen molar-refractivity contribution >= 4 is 11.4 Å². The van der Waals surface area contributed by atoms with E-state index in [0.29, 0.717) is 11.4 Å². The molecule has 0 saturated carbocycles. The molecule has 0 bridgehead atoms. The largest absolute Gasteiger partial charge is 0.291 e. The minimum atomic E-state index is 0.573. The Kier molecular flexibility index (Phi) is 2.30. The van der Waals surface area contributed by atoms with Crippen LogP contribution < -0.4 is 11.0 Å². The maximum Gasteiger partial charge on any atom is 0.0652 e. The molecule has 0 aliphatic heterocycles. The lowest BCUT2D eigenvalue weighted by Gasteiger charge is -2.07. The zero-order valence-electron chi connectivity index (χ0n) is 6.13. The van der Waals surface area contributed by atoms with Crippen molar-refractivity contribution in [3.63, 3.8) is 0 Å². The van der Waals surface area contributed by atoms with Gasteiger partial charge in [-0.15, -0.1) is 0 Å². The van der Waals surface area contributed by atoms with Gasteiger partial charge in [-0.3, -0.25) is 21.4 Å². The van der Waals surface area contributed by atoms with Gasteiger partial charge in [0.2, 0.25) is 0 Å². The van der Waals surface area contributed by atoms with Crippen LogP contribution in [0.15, 0.2) is 18.2 Å². The molecule has 0 spiro atoms. The Hall–Kier alpha value is -1.26. The zero-order valence-corrected chi connectivity index (χ0v) is 6.13. The first-order valence-electron chi connectivity index (χ1n) is 3.19. The monoisotopic (exact) mass is 154 g/mol. The summed E-state index contributed by atoms with van der Waals surface area (Å²) < 4.78 is 0. The molecule has 0 aliphatic rings. The molecule has 0 saturated heterocycles. The highest BCUT2D eigenvalue weighted by atomic mass is 16.5. The van der Waals surface area contributed by atoms with Crippen LogP contribution >= 0.6 is 0 Å². The molecule has 0 heterocycles. The molecule has 0 unspecified atom stereocenters. The molecule has 0 radical (unpaired) electrons. The average Bonchev–Trinajstić information content (AvgIpc) is 2.05. The summed E-state index contributed by atoms with van der Waals surface area (Å²) in [4.78, 5) is 0. The second-order valence-electron chi connectivity index (χ2n) is 2.20. The van der Waals surface area contributed by atoms with Crippen LogP contribution in [0.25, 0.3) is 0 Å². The second-order valence-corrected chi connectivity index (χ2v) is 2.20. The summed E-state index contributed by atoms with van der Waals surface area (Å²) in [5.41, 5.74) is 5.95. The average molecular weight is 154 g/mol. The van der Waals surface area contributed by atoms with Crippen LogP contribution in [0.2, 0.25) is 0 Å². The molecule has 4 nitrogen and oxygen atoms in total. The standard InChI is InChI=1S/C7H10N2O2/c1-5-6(8-10)3-2-4-7(5)9-11/h2-4,8-11H,1H3. The van der Waals surface area contributed by atoms with Crippen LogP contribution in [0, 0.1) is 6.92 Å². The molecular formula is C7H10N2O2. The van der Waals surface area contributed by atoms with Gasteiger partial charge in [-0.25, -0.2) is 0 Å². The molecular weight excluding hydrogens is 144 g/mol. The minimum absolute atomic E-state index is 0.573. The van der Waals surface area contributed by atoms with Crippen molar-refractivity contribution in [3.8, 4) is 0 Å². The van der Waals surface area contributed by atoms with E-state index in [1.54, 1.807) is 25.1 Å². The normalized spacial score (nSPS) is 9.36. The number of nitrogens with one attached hydrogen (secondary N) is 2. The van der Waals surface area contributed by atoms with E-state index in [1.807, 2.05) is 11.0 Å². The first-order valence-corrected chi connectivity index (χ1v) is 3.19. The SMILES string of the molecule is Cc1c(NO)cccc1NO. The highest BCUT2D eigenvalue weighted by Crippen LogP contribution is 2.21. The molecule has 1 aromatic rings. The molecule has 1 aromatic carbocycles.